The minimum absolute atomic E-state index is 0.165. The van der Waals surface area contributed by atoms with E-state index in [1.54, 1.807) is 0 Å². The van der Waals surface area contributed by atoms with Gasteiger partial charge in [-0.15, -0.1) is 0 Å². The third kappa shape index (κ3) is 2.77. The van der Waals surface area contributed by atoms with Crippen LogP contribution in [0.2, 0.25) is 0 Å². The zero-order valence-electron chi connectivity index (χ0n) is 12.7. The van der Waals surface area contributed by atoms with Crippen LogP contribution in [0, 0.1) is 10.8 Å². The molecule has 1 heterocycles. The van der Waals surface area contributed by atoms with E-state index in [0.717, 1.165) is 38.1 Å². The zero-order chi connectivity index (χ0) is 14.8. The van der Waals surface area contributed by atoms with Gasteiger partial charge in [-0.2, -0.15) is 0 Å². The molecule has 114 valence electrons. The van der Waals surface area contributed by atoms with Crippen molar-refractivity contribution in [3.05, 3.63) is 30.3 Å². The Morgan fingerprint density at radius 2 is 2.00 bits per heavy atom. The van der Waals surface area contributed by atoms with Gasteiger partial charge in [0.05, 0.1) is 12.0 Å². The Kier molecular flexibility index (Phi) is 3.89. The predicted octanol–water partition coefficient (Wildman–Crippen LogP) is 1.96. The minimum Gasteiger partial charge on any atom is -0.492 e. The molecule has 1 amide bonds. The van der Waals surface area contributed by atoms with Crippen LogP contribution < -0.4 is 15.4 Å². The fourth-order valence-corrected chi connectivity index (χ4v) is 3.63. The molecule has 1 spiro atoms. The Morgan fingerprint density at radius 3 is 2.71 bits per heavy atom. The summed E-state index contributed by atoms with van der Waals surface area (Å²) < 4.78 is 5.60. The molecule has 1 saturated carbocycles. The van der Waals surface area contributed by atoms with Crippen molar-refractivity contribution >= 4 is 5.91 Å². The average molecular weight is 288 g/mol. The van der Waals surface area contributed by atoms with Crippen molar-refractivity contribution in [2.75, 3.05) is 26.2 Å². The number of benzene rings is 1. The fraction of sp³-hybridized carbons (Fsp3) is 0.588. The number of amides is 1. The summed E-state index contributed by atoms with van der Waals surface area (Å²) in [5.41, 5.74) is 0.0878. The van der Waals surface area contributed by atoms with Crippen molar-refractivity contribution in [3.8, 4) is 5.75 Å². The maximum atomic E-state index is 12.4. The lowest BCUT2D eigenvalue weighted by Gasteiger charge is -2.27. The maximum Gasteiger partial charge on any atom is 0.226 e. The van der Waals surface area contributed by atoms with Crippen molar-refractivity contribution in [2.24, 2.45) is 10.8 Å². The molecule has 2 aliphatic rings. The second-order valence-electron chi connectivity index (χ2n) is 6.46. The first-order valence-corrected chi connectivity index (χ1v) is 7.83. The normalized spacial score (nSPS) is 26.3. The molecule has 2 N–H and O–H groups in total. The minimum atomic E-state index is -0.165. The van der Waals surface area contributed by atoms with Gasteiger partial charge in [0.25, 0.3) is 0 Å². The highest BCUT2D eigenvalue weighted by Crippen LogP contribution is 2.68. The molecule has 1 aromatic carbocycles. The topological polar surface area (TPSA) is 50.4 Å². The van der Waals surface area contributed by atoms with Crippen molar-refractivity contribution < 1.29 is 9.53 Å². The molecule has 0 bridgehead atoms. The Balaban J connectivity index is 1.43. The monoisotopic (exact) mass is 288 g/mol. The first-order chi connectivity index (χ1) is 10.2. The number of carbonyl (C=O) groups excluding carboxylic acids is 1. The Morgan fingerprint density at radius 1 is 1.29 bits per heavy atom. The molecule has 1 aliphatic carbocycles. The largest absolute Gasteiger partial charge is 0.492 e. The summed E-state index contributed by atoms with van der Waals surface area (Å²) in [6.45, 7) is 5.28. The van der Waals surface area contributed by atoms with Gasteiger partial charge in [-0.25, -0.2) is 0 Å². The van der Waals surface area contributed by atoms with Crippen molar-refractivity contribution in [1.29, 1.82) is 0 Å². The first-order valence-electron chi connectivity index (χ1n) is 7.83. The number of piperidine rings is 1. The van der Waals surface area contributed by atoms with Crippen LogP contribution in [0.15, 0.2) is 30.3 Å². The number of nitrogens with one attached hydrogen (secondary N) is 2. The lowest BCUT2D eigenvalue weighted by atomic mass is 9.85. The van der Waals surface area contributed by atoms with Gasteiger partial charge in [0.15, 0.2) is 0 Å². The number of ether oxygens (including phenoxy) is 1. The van der Waals surface area contributed by atoms with E-state index in [9.17, 15) is 4.79 Å². The highest BCUT2D eigenvalue weighted by Gasteiger charge is 2.67. The van der Waals surface area contributed by atoms with Gasteiger partial charge in [-0.05, 0) is 49.9 Å². The maximum absolute atomic E-state index is 12.4. The zero-order valence-corrected chi connectivity index (χ0v) is 12.7. The lowest BCUT2D eigenvalue weighted by Crippen LogP contribution is -2.39. The molecule has 0 aromatic heterocycles. The highest BCUT2D eigenvalue weighted by atomic mass is 16.5. The predicted molar refractivity (Wildman–Crippen MR) is 82.2 cm³/mol. The van der Waals surface area contributed by atoms with Gasteiger partial charge in [-0.1, -0.05) is 25.1 Å². The van der Waals surface area contributed by atoms with Crippen LogP contribution in [0.1, 0.15) is 26.2 Å². The van der Waals surface area contributed by atoms with Crippen LogP contribution in [0.4, 0.5) is 0 Å². The van der Waals surface area contributed by atoms with E-state index in [1.165, 1.54) is 0 Å². The van der Waals surface area contributed by atoms with Gasteiger partial charge in [0, 0.05) is 0 Å². The molecule has 3 rings (SSSR count). The lowest BCUT2D eigenvalue weighted by molar-refractivity contribution is -0.127. The van der Waals surface area contributed by atoms with E-state index in [1.807, 2.05) is 30.3 Å². The van der Waals surface area contributed by atoms with E-state index in [2.05, 4.69) is 17.6 Å². The summed E-state index contributed by atoms with van der Waals surface area (Å²) in [6, 6.07) is 9.70. The number of hydrogen-bond donors (Lipinski definition) is 2. The Bertz CT molecular complexity index is 497. The second kappa shape index (κ2) is 5.68. The molecule has 1 saturated heterocycles. The summed E-state index contributed by atoms with van der Waals surface area (Å²) in [4.78, 5) is 12.4. The van der Waals surface area contributed by atoms with E-state index in [-0.39, 0.29) is 16.7 Å². The van der Waals surface area contributed by atoms with Crippen molar-refractivity contribution in [1.82, 2.24) is 10.6 Å². The van der Waals surface area contributed by atoms with E-state index < -0.39 is 0 Å². The SMILES string of the molecule is CC1(C(=O)NCCOc2ccccc2)CC12CCNCC2. The molecule has 1 aromatic rings. The number of carbonyl (C=O) groups is 1. The summed E-state index contributed by atoms with van der Waals surface area (Å²) in [7, 11) is 0. The van der Waals surface area contributed by atoms with Gasteiger partial charge in [-0.3, -0.25) is 4.79 Å². The van der Waals surface area contributed by atoms with Crippen LogP contribution >= 0.6 is 0 Å². The molecule has 4 nitrogen and oxygen atoms in total. The van der Waals surface area contributed by atoms with Gasteiger partial charge in [0.2, 0.25) is 5.91 Å². The summed E-state index contributed by atoms with van der Waals surface area (Å²) >= 11 is 0. The van der Waals surface area contributed by atoms with Gasteiger partial charge in [0.1, 0.15) is 12.4 Å². The smallest absolute Gasteiger partial charge is 0.226 e. The van der Waals surface area contributed by atoms with Crippen LogP contribution in [-0.4, -0.2) is 32.1 Å². The second-order valence-corrected chi connectivity index (χ2v) is 6.46. The number of para-hydroxylation sites is 1. The standard InChI is InChI=1S/C17H24N2O2/c1-16(13-17(16)7-9-18-10-8-17)15(20)19-11-12-21-14-5-3-2-4-6-14/h2-6,18H,7-13H2,1H3,(H,19,20). The molecule has 1 unspecified atom stereocenters. The van der Waals surface area contributed by atoms with E-state index >= 15 is 0 Å². The van der Waals surface area contributed by atoms with E-state index in [0.29, 0.717) is 13.2 Å². The molecular formula is C17H24N2O2. The third-order valence-electron chi connectivity index (χ3n) is 5.20. The molecule has 1 atom stereocenters. The number of rotatable bonds is 5. The van der Waals surface area contributed by atoms with Crippen LogP contribution in [-0.2, 0) is 4.79 Å². The van der Waals surface area contributed by atoms with Gasteiger partial charge < -0.3 is 15.4 Å². The summed E-state index contributed by atoms with van der Waals surface area (Å²) in [6.07, 6.45) is 3.28. The quantitative estimate of drug-likeness (QED) is 0.814. The molecule has 4 heteroatoms. The summed E-state index contributed by atoms with van der Waals surface area (Å²) in [5.74, 6) is 1.04. The average Bonchev–Trinajstić information content (AvgIpc) is 3.10. The highest BCUT2D eigenvalue weighted by molar-refractivity contribution is 5.86. The molecule has 1 aliphatic heterocycles. The fourth-order valence-electron chi connectivity index (χ4n) is 3.63. The molecular weight excluding hydrogens is 264 g/mol. The molecule has 2 fully saturated rings. The van der Waals surface area contributed by atoms with Crippen LogP contribution in [0.25, 0.3) is 0 Å². The first kappa shape index (κ1) is 14.4. The number of hydrogen-bond acceptors (Lipinski definition) is 3. The molecule has 21 heavy (non-hydrogen) atoms. The molecule has 0 radical (unpaired) electrons. The Hall–Kier alpha value is -1.55. The van der Waals surface area contributed by atoms with E-state index in [4.69, 9.17) is 4.74 Å². The van der Waals surface area contributed by atoms with Crippen LogP contribution in [0.3, 0.4) is 0 Å². The van der Waals surface area contributed by atoms with Crippen LogP contribution in [0.5, 0.6) is 5.75 Å². The third-order valence-corrected chi connectivity index (χ3v) is 5.20. The Labute approximate surface area is 126 Å². The van der Waals surface area contributed by atoms with Crippen molar-refractivity contribution in [3.63, 3.8) is 0 Å². The van der Waals surface area contributed by atoms with Gasteiger partial charge >= 0.3 is 0 Å². The summed E-state index contributed by atoms with van der Waals surface area (Å²) in [5, 5.41) is 6.42. The van der Waals surface area contributed by atoms with Crippen molar-refractivity contribution in [2.45, 2.75) is 26.2 Å².